The predicted molar refractivity (Wildman–Crippen MR) is 130 cm³/mol. The monoisotopic (exact) mass is 462 g/mol. The molecule has 4 aromatic rings. The number of ether oxygens (including phenoxy) is 1. The summed E-state index contributed by atoms with van der Waals surface area (Å²) >= 11 is 1.43. The SMILES string of the molecule is CNC(=O)CCN(Cc1ccccc1)C(=O)c1cc2c(OC)ccc(-c3ccnn3C)c2s1. The van der Waals surface area contributed by atoms with Gasteiger partial charge in [-0.1, -0.05) is 30.3 Å². The molecule has 2 aromatic carbocycles. The van der Waals surface area contributed by atoms with Crippen molar-refractivity contribution in [3.63, 3.8) is 0 Å². The predicted octanol–water partition coefficient (Wildman–Crippen LogP) is 4.09. The molecule has 2 aromatic heterocycles. The van der Waals surface area contributed by atoms with E-state index in [2.05, 4.69) is 10.4 Å². The molecule has 7 nitrogen and oxygen atoms in total. The molecular formula is C25H26N4O3S. The van der Waals surface area contributed by atoms with Crippen molar-refractivity contribution in [2.24, 2.45) is 7.05 Å². The Kier molecular flexibility index (Phi) is 6.74. The molecule has 2 heterocycles. The Bertz CT molecular complexity index is 1280. The second-order valence-corrected chi connectivity index (χ2v) is 8.70. The number of methoxy groups -OCH3 is 1. The Morgan fingerprint density at radius 2 is 1.94 bits per heavy atom. The smallest absolute Gasteiger partial charge is 0.264 e. The molecule has 0 atom stereocenters. The van der Waals surface area contributed by atoms with Crippen molar-refractivity contribution in [3.8, 4) is 17.0 Å². The maximum Gasteiger partial charge on any atom is 0.264 e. The topological polar surface area (TPSA) is 76.5 Å². The molecule has 0 spiro atoms. The van der Waals surface area contributed by atoms with Gasteiger partial charge >= 0.3 is 0 Å². The normalized spacial score (nSPS) is 10.9. The van der Waals surface area contributed by atoms with Gasteiger partial charge in [-0.2, -0.15) is 5.10 Å². The summed E-state index contributed by atoms with van der Waals surface area (Å²) in [4.78, 5) is 27.8. The lowest BCUT2D eigenvalue weighted by Gasteiger charge is -2.22. The lowest BCUT2D eigenvalue weighted by molar-refractivity contribution is -0.120. The van der Waals surface area contributed by atoms with E-state index in [0.717, 1.165) is 26.9 Å². The van der Waals surface area contributed by atoms with Gasteiger partial charge in [0.25, 0.3) is 5.91 Å². The fraction of sp³-hybridized carbons (Fsp3) is 0.240. The van der Waals surface area contributed by atoms with Crippen molar-refractivity contribution in [2.75, 3.05) is 20.7 Å². The minimum Gasteiger partial charge on any atom is -0.496 e. The number of rotatable bonds is 8. The highest BCUT2D eigenvalue weighted by Gasteiger charge is 2.22. The summed E-state index contributed by atoms with van der Waals surface area (Å²) < 4.78 is 8.36. The average Bonchev–Trinajstić information content (AvgIpc) is 3.47. The lowest BCUT2D eigenvalue weighted by atomic mass is 10.1. The molecule has 0 aliphatic rings. The Morgan fingerprint density at radius 3 is 2.61 bits per heavy atom. The number of carbonyl (C=O) groups is 2. The highest BCUT2D eigenvalue weighted by molar-refractivity contribution is 7.21. The molecule has 0 radical (unpaired) electrons. The molecule has 2 amide bonds. The summed E-state index contributed by atoms with van der Waals surface area (Å²) in [6, 6.07) is 17.5. The molecule has 1 N–H and O–H groups in total. The number of nitrogens with one attached hydrogen (secondary N) is 1. The molecule has 0 unspecified atom stereocenters. The zero-order valence-corrected chi connectivity index (χ0v) is 19.7. The summed E-state index contributed by atoms with van der Waals surface area (Å²) in [5.74, 6) is 0.505. The van der Waals surface area contributed by atoms with E-state index in [1.54, 1.807) is 25.3 Å². The number of benzene rings is 2. The number of carbonyl (C=O) groups excluding carboxylic acids is 2. The van der Waals surface area contributed by atoms with Crippen LogP contribution in [0.5, 0.6) is 5.75 Å². The van der Waals surface area contributed by atoms with E-state index in [4.69, 9.17) is 4.74 Å². The quantitative estimate of drug-likeness (QED) is 0.428. The van der Waals surface area contributed by atoms with Crippen molar-refractivity contribution in [1.29, 1.82) is 0 Å². The minimum atomic E-state index is -0.109. The van der Waals surface area contributed by atoms with Crippen LogP contribution >= 0.6 is 11.3 Å². The van der Waals surface area contributed by atoms with Crippen LogP contribution in [0.1, 0.15) is 21.7 Å². The van der Waals surface area contributed by atoms with Crippen molar-refractivity contribution < 1.29 is 14.3 Å². The first-order valence-electron chi connectivity index (χ1n) is 10.6. The van der Waals surface area contributed by atoms with E-state index in [0.29, 0.717) is 23.7 Å². The van der Waals surface area contributed by atoms with Gasteiger partial charge in [-0.3, -0.25) is 14.3 Å². The fourth-order valence-corrected chi connectivity index (χ4v) is 4.96. The second-order valence-electron chi connectivity index (χ2n) is 7.64. The van der Waals surface area contributed by atoms with E-state index < -0.39 is 0 Å². The third-order valence-electron chi connectivity index (χ3n) is 5.56. The highest BCUT2D eigenvalue weighted by atomic mass is 32.1. The standard InChI is InChI=1S/C25H26N4O3S/c1-26-23(30)12-14-29(16-17-7-5-4-6-8-17)25(31)22-15-19-21(32-3)10-9-18(24(19)33-22)20-11-13-27-28(20)2/h4-11,13,15H,12,14,16H2,1-3H3,(H,26,30). The van der Waals surface area contributed by atoms with E-state index in [-0.39, 0.29) is 18.2 Å². The van der Waals surface area contributed by atoms with E-state index in [9.17, 15) is 9.59 Å². The van der Waals surface area contributed by atoms with Gasteiger partial charge in [-0.15, -0.1) is 11.3 Å². The van der Waals surface area contributed by atoms with Crippen LogP contribution in [-0.2, 0) is 18.4 Å². The van der Waals surface area contributed by atoms with Gasteiger partial charge in [-0.05, 0) is 29.8 Å². The largest absolute Gasteiger partial charge is 0.496 e. The molecular weight excluding hydrogens is 436 g/mol. The molecule has 0 fully saturated rings. The third kappa shape index (κ3) is 4.75. The highest BCUT2D eigenvalue weighted by Crippen LogP contribution is 2.40. The number of nitrogens with zero attached hydrogens (tertiary/aromatic N) is 3. The Hall–Kier alpha value is -3.65. The van der Waals surface area contributed by atoms with Gasteiger partial charge in [-0.25, -0.2) is 0 Å². The summed E-state index contributed by atoms with van der Waals surface area (Å²) in [7, 11) is 5.12. The number of hydrogen-bond acceptors (Lipinski definition) is 5. The molecule has 8 heteroatoms. The van der Waals surface area contributed by atoms with Gasteiger partial charge < -0.3 is 15.0 Å². The number of fused-ring (bicyclic) bond motifs is 1. The molecule has 0 saturated heterocycles. The first-order chi connectivity index (χ1) is 16.0. The fourth-order valence-electron chi connectivity index (χ4n) is 3.80. The molecule has 0 aliphatic carbocycles. The van der Waals surface area contributed by atoms with E-state index in [1.165, 1.54) is 11.3 Å². The van der Waals surface area contributed by atoms with Gasteiger partial charge in [0.05, 0.1) is 17.7 Å². The summed E-state index contributed by atoms with van der Waals surface area (Å²) in [5.41, 5.74) is 2.97. The summed E-state index contributed by atoms with van der Waals surface area (Å²) in [5, 5.41) is 7.80. The van der Waals surface area contributed by atoms with Crippen LogP contribution in [0.3, 0.4) is 0 Å². The number of thiophene rings is 1. The molecule has 0 saturated carbocycles. The first-order valence-corrected chi connectivity index (χ1v) is 11.5. The van der Waals surface area contributed by atoms with Gasteiger partial charge in [0.15, 0.2) is 0 Å². The minimum absolute atomic E-state index is 0.0997. The van der Waals surface area contributed by atoms with Crippen LogP contribution in [-0.4, -0.2) is 47.2 Å². The zero-order chi connectivity index (χ0) is 23.4. The van der Waals surface area contributed by atoms with E-state index in [1.807, 2.05) is 66.3 Å². The number of amides is 2. The van der Waals surface area contributed by atoms with Crippen molar-refractivity contribution in [3.05, 3.63) is 71.2 Å². The van der Waals surface area contributed by atoms with Crippen molar-refractivity contribution in [2.45, 2.75) is 13.0 Å². The van der Waals surface area contributed by atoms with Crippen LogP contribution < -0.4 is 10.1 Å². The van der Waals surface area contributed by atoms with Crippen molar-refractivity contribution in [1.82, 2.24) is 20.0 Å². The Balaban J connectivity index is 1.73. The van der Waals surface area contributed by atoms with Crippen molar-refractivity contribution >= 4 is 33.2 Å². The Morgan fingerprint density at radius 1 is 1.15 bits per heavy atom. The molecule has 33 heavy (non-hydrogen) atoms. The van der Waals surface area contributed by atoms with Crippen LogP contribution in [0.2, 0.25) is 0 Å². The van der Waals surface area contributed by atoms with Gasteiger partial charge in [0.2, 0.25) is 5.91 Å². The average molecular weight is 463 g/mol. The van der Waals surface area contributed by atoms with Crippen LogP contribution in [0.25, 0.3) is 21.3 Å². The summed E-state index contributed by atoms with van der Waals surface area (Å²) in [6.45, 7) is 0.754. The lowest BCUT2D eigenvalue weighted by Crippen LogP contribution is -2.33. The van der Waals surface area contributed by atoms with Gasteiger partial charge in [0.1, 0.15) is 5.75 Å². The molecule has 0 aliphatic heterocycles. The first kappa shape index (κ1) is 22.5. The number of aryl methyl sites for hydroxylation is 1. The third-order valence-corrected chi connectivity index (χ3v) is 6.72. The molecule has 4 rings (SSSR count). The summed E-state index contributed by atoms with van der Waals surface area (Å²) in [6.07, 6.45) is 2.00. The van der Waals surface area contributed by atoms with E-state index >= 15 is 0 Å². The second kappa shape index (κ2) is 9.87. The maximum atomic E-state index is 13.6. The zero-order valence-electron chi connectivity index (χ0n) is 18.9. The van der Waals surface area contributed by atoms with Crippen LogP contribution in [0.4, 0.5) is 0 Å². The van der Waals surface area contributed by atoms with Gasteiger partial charge in [0, 0.05) is 55.5 Å². The number of aromatic nitrogens is 2. The Labute approximate surface area is 196 Å². The van der Waals surface area contributed by atoms with Crippen LogP contribution in [0, 0.1) is 0 Å². The number of hydrogen-bond donors (Lipinski definition) is 1. The van der Waals surface area contributed by atoms with Crippen LogP contribution in [0.15, 0.2) is 60.8 Å². The maximum absolute atomic E-state index is 13.6. The molecule has 170 valence electrons. The molecule has 0 bridgehead atoms.